The molecule has 0 aromatic heterocycles. The van der Waals surface area contributed by atoms with E-state index in [9.17, 15) is 18.0 Å². The number of carbonyl (C=O) groups is 2. The van der Waals surface area contributed by atoms with E-state index in [0.29, 0.717) is 54.0 Å². The van der Waals surface area contributed by atoms with Crippen molar-refractivity contribution in [3.8, 4) is 5.75 Å². The number of benzene rings is 3. The highest BCUT2D eigenvalue weighted by atomic mass is 35.5. The number of hydrogen-bond acceptors (Lipinski definition) is 6. The van der Waals surface area contributed by atoms with Gasteiger partial charge in [-0.15, -0.1) is 0 Å². The average Bonchev–Trinajstić information content (AvgIpc) is 3.37. The number of nitrogens with one attached hydrogen (secondary N) is 2. The second-order valence-corrected chi connectivity index (χ2v) is 14.2. The number of urea groups is 1. The zero-order valence-corrected chi connectivity index (χ0v) is 25.2. The number of halogens is 1. The van der Waals surface area contributed by atoms with E-state index >= 15 is 0 Å². The Bertz CT molecular complexity index is 1730. The number of anilines is 2. The summed E-state index contributed by atoms with van der Waals surface area (Å²) in [4.78, 5) is 30.5. The monoisotopic (exact) mass is 620 g/mol. The number of nitrogens with zero attached hydrogens (tertiary/aromatic N) is 2. The zero-order chi connectivity index (χ0) is 29.8. The Balaban J connectivity index is 1.33. The number of aryl methyl sites for hydroxylation is 1. The molecule has 43 heavy (non-hydrogen) atoms. The lowest BCUT2D eigenvalue weighted by molar-refractivity contribution is -0.118. The number of amides is 3. The van der Waals surface area contributed by atoms with Gasteiger partial charge in [0.1, 0.15) is 5.75 Å². The summed E-state index contributed by atoms with van der Waals surface area (Å²) >= 11 is 6.38. The van der Waals surface area contributed by atoms with E-state index in [0.717, 1.165) is 32.1 Å². The molecule has 11 heteroatoms. The first-order chi connectivity index (χ1) is 20.7. The molecule has 9 nitrogen and oxygen atoms in total. The summed E-state index contributed by atoms with van der Waals surface area (Å²) in [5, 5.41) is 3.70. The van der Waals surface area contributed by atoms with Crippen LogP contribution in [0.5, 0.6) is 5.75 Å². The van der Waals surface area contributed by atoms with Gasteiger partial charge in [-0.2, -0.15) is 0 Å². The maximum Gasteiger partial charge on any atom is 0.322 e. The van der Waals surface area contributed by atoms with E-state index < -0.39 is 15.9 Å². The predicted octanol–water partition coefficient (Wildman–Crippen LogP) is 4.87. The molecule has 0 saturated carbocycles. The van der Waals surface area contributed by atoms with Gasteiger partial charge in [0.15, 0.2) is 0 Å². The van der Waals surface area contributed by atoms with Crippen LogP contribution in [0.25, 0.3) is 0 Å². The minimum Gasteiger partial charge on any atom is -0.490 e. The van der Waals surface area contributed by atoms with E-state index in [1.54, 1.807) is 36.4 Å². The Kier molecular flexibility index (Phi) is 7.01. The summed E-state index contributed by atoms with van der Waals surface area (Å²) in [5.41, 5.74) is 3.84. The molecule has 1 aliphatic carbocycles. The van der Waals surface area contributed by atoms with Crippen molar-refractivity contribution in [1.82, 2.24) is 9.62 Å². The van der Waals surface area contributed by atoms with Gasteiger partial charge in [0, 0.05) is 35.8 Å². The third-order valence-electron chi connectivity index (χ3n) is 9.18. The molecule has 1 spiro atoms. The van der Waals surface area contributed by atoms with Crippen molar-refractivity contribution in [2.75, 3.05) is 36.5 Å². The van der Waals surface area contributed by atoms with Crippen molar-refractivity contribution in [3.63, 3.8) is 0 Å². The molecule has 7 rings (SSSR count). The van der Waals surface area contributed by atoms with Gasteiger partial charge in [-0.25, -0.2) is 17.9 Å². The van der Waals surface area contributed by atoms with Crippen LogP contribution in [0, 0.1) is 0 Å². The van der Waals surface area contributed by atoms with Crippen LogP contribution < -0.4 is 19.7 Å². The van der Waals surface area contributed by atoms with Crippen LogP contribution in [0.1, 0.15) is 42.4 Å². The molecular weight excluding hydrogens is 588 g/mol. The molecule has 2 atom stereocenters. The lowest BCUT2D eigenvalue weighted by Gasteiger charge is -2.42. The van der Waals surface area contributed by atoms with Crippen molar-refractivity contribution in [2.24, 2.45) is 0 Å². The fraction of sp³-hybridized carbons (Fsp3) is 0.375. The van der Waals surface area contributed by atoms with Crippen LogP contribution >= 0.6 is 11.6 Å². The second-order valence-electron chi connectivity index (χ2n) is 12.1. The molecule has 3 amide bonds. The molecule has 3 aliphatic heterocycles. The van der Waals surface area contributed by atoms with Gasteiger partial charge in [-0.1, -0.05) is 29.8 Å². The van der Waals surface area contributed by atoms with E-state index in [1.807, 2.05) is 17.0 Å². The fourth-order valence-electron chi connectivity index (χ4n) is 7.19. The molecule has 0 unspecified atom stereocenters. The predicted molar refractivity (Wildman–Crippen MR) is 164 cm³/mol. The molecule has 4 bridgehead atoms. The van der Waals surface area contributed by atoms with Gasteiger partial charge in [-0.05, 0) is 91.3 Å². The molecule has 1 saturated heterocycles. The molecule has 3 aromatic carbocycles. The summed E-state index contributed by atoms with van der Waals surface area (Å²) in [5.74, 6) is -0.0806. The van der Waals surface area contributed by atoms with Crippen LogP contribution in [0.2, 0.25) is 5.02 Å². The Morgan fingerprint density at radius 1 is 1.02 bits per heavy atom. The minimum absolute atomic E-state index is 0.0122. The Morgan fingerprint density at radius 3 is 2.79 bits per heavy atom. The van der Waals surface area contributed by atoms with Crippen LogP contribution in [0.15, 0.2) is 65.6 Å². The van der Waals surface area contributed by atoms with Crippen molar-refractivity contribution >= 4 is 44.9 Å². The number of hydrogen-bond donors (Lipinski definition) is 2. The third kappa shape index (κ3) is 5.31. The Morgan fingerprint density at radius 2 is 1.91 bits per heavy atom. The quantitative estimate of drug-likeness (QED) is 0.371. The molecule has 2 N–H and O–H groups in total. The summed E-state index contributed by atoms with van der Waals surface area (Å²) < 4.78 is 35.6. The normalized spacial score (nSPS) is 24.7. The van der Waals surface area contributed by atoms with E-state index in [2.05, 4.69) is 21.0 Å². The summed E-state index contributed by atoms with van der Waals surface area (Å²) in [6.07, 6.45) is 4.36. The summed E-state index contributed by atoms with van der Waals surface area (Å²) in [6.45, 7) is 2.14. The van der Waals surface area contributed by atoms with Crippen LogP contribution in [-0.2, 0) is 33.1 Å². The van der Waals surface area contributed by atoms with E-state index in [4.69, 9.17) is 16.3 Å². The van der Waals surface area contributed by atoms with Crippen molar-refractivity contribution < 1.29 is 22.7 Å². The molecule has 224 valence electrons. The number of sulfonamides is 1. The van der Waals surface area contributed by atoms with Gasteiger partial charge in [0.25, 0.3) is 10.0 Å². The first-order valence-electron chi connectivity index (χ1n) is 14.7. The van der Waals surface area contributed by atoms with Gasteiger partial charge < -0.3 is 19.9 Å². The molecule has 0 radical (unpaired) electrons. The maximum absolute atomic E-state index is 13.6. The number of rotatable bonds is 0. The van der Waals surface area contributed by atoms with Gasteiger partial charge in [0.2, 0.25) is 5.91 Å². The van der Waals surface area contributed by atoms with Crippen LogP contribution in [0.3, 0.4) is 0 Å². The maximum atomic E-state index is 13.6. The number of fused-ring (bicyclic) bond motifs is 6. The summed E-state index contributed by atoms with van der Waals surface area (Å²) in [6, 6.07) is 17.5. The molecule has 1 fully saturated rings. The molecular formula is C32H33ClN4O5S. The van der Waals surface area contributed by atoms with Crippen molar-refractivity contribution in [1.29, 1.82) is 0 Å². The fourth-order valence-corrected chi connectivity index (χ4v) is 8.39. The minimum atomic E-state index is -4.15. The standard InChI is InChI=1S/C32H33ClN4O5S/c33-23-8-10-27-22(16-23)5-2-12-32(27)19-36-18-25-7-3-13-37(25)31(39)34-24-6-1-4-21(14-24)15-30(38)35-43(40,41)26-9-11-29(42-20-32)28(36)17-26/h1,4,6,8-11,14,16-17,25H,2-3,5,7,12-13,15,18-20H2,(H,34,39)(H,35,38)/t25-,32-/m0/s1. The SMILES string of the molecule is O=C1Cc2cccc(c2)NC(=O)N2CCC[C@H]2CN2C[C@@]3(CCCc4cc(Cl)ccc43)COc3ccc(cc32)S(=O)(=O)N1. The van der Waals surface area contributed by atoms with Crippen molar-refractivity contribution in [3.05, 3.63) is 82.4 Å². The molecule has 3 heterocycles. The first-order valence-corrected chi connectivity index (χ1v) is 16.6. The molecule has 3 aromatic rings. The van der Waals surface area contributed by atoms with E-state index in [-0.39, 0.29) is 28.8 Å². The largest absolute Gasteiger partial charge is 0.490 e. The first kappa shape index (κ1) is 28.0. The summed E-state index contributed by atoms with van der Waals surface area (Å²) in [7, 11) is -4.15. The highest BCUT2D eigenvalue weighted by Crippen LogP contribution is 2.45. The highest BCUT2D eigenvalue weighted by molar-refractivity contribution is 7.90. The number of ether oxygens (including phenoxy) is 1. The average molecular weight is 621 g/mol. The molecule has 4 aliphatic rings. The lowest BCUT2D eigenvalue weighted by Crippen LogP contribution is -2.50. The second kappa shape index (κ2) is 10.7. The van der Waals surface area contributed by atoms with Crippen LogP contribution in [0.4, 0.5) is 16.2 Å². The Labute approximate surface area is 256 Å². The number of carbonyl (C=O) groups excluding carboxylic acids is 2. The lowest BCUT2D eigenvalue weighted by atomic mass is 9.70. The topological polar surface area (TPSA) is 108 Å². The van der Waals surface area contributed by atoms with Gasteiger partial charge in [-0.3, -0.25) is 4.79 Å². The van der Waals surface area contributed by atoms with Crippen molar-refractivity contribution in [2.45, 2.75) is 54.9 Å². The van der Waals surface area contributed by atoms with Gasteiger partial charge in [0.05, 0.1) is 29.7 Å². The third-order valence-corrected chi connectivity index (χ3v) is 10.8. The highest BCUT2D eigenvalue weighted by Gasteiger charge is 2.43. The zero-order valence-electron chi connectivity index (χ0n) is 23.6. The smallest absolute Gasteiger partial charge is 0.322 e. The van der Waals surface area contributed by atoms with Crippen LogP contribution in [-0.4, -0.2) is 57.5 Å². The van der Waals surface area contributed by atoms with Gasteiger partial charge >= 0.3 is 6.03 Å². The van der Waals surface area contributed by atoms with E-state index in [1.165, 1.54) is 17.2 Å². The Hall–Kier alpha value is -3.76.